The monoisotopic (exact) mass is 302 g/mol. The molecular weight excluding hydrogens is 294 g/mol. The number of benzene rings is 2. The maximum Gasteiger partial charge on any atom is 0.322 e. The van der Waals surface area contributed by atoms with Gasteiger partial charge in [0.05, 0.1) is 0 Å². The van der Waals surface area contributed by atoms with Crippen LogP contribution in [0, 0.1) is 11.6 Å². The number of imide groups is 1. The minimum atomic E-state index is -1.73. The lowest BCUT2D eigenvalue weighted by molar-refractivity contribution is -0.122. The average molecular weight is 302 g/mol. The third kappa shape index (κ3) is 1.35. The summed E-state index contributed by atoms with van der Waals surface area (Å²) in [7, 11) is 0. The first-order valence-corrected chi connectivity index (χ1v) is 6.40. The van der Waals surface area contributed by atoms with Gasteiger partial charge in [-0.25, -0.2) is 13.6 Å². The van der Waals surface area contributed by atoms with E-state index in [1.807, 2.05) is 0 Å². The number of halogens is 2. The second-order valence-corrected chi connectivity index (χ2v) is 5.20. The largest absolute Gasteiger partial charge is 0.507 e. The number of carbonyl (C=O) groups excluding carboxylic acids is 2. The highest BCUT2D eigenvalue weighted by atomic mass is 19.1. The second-order valence-electron chi connectivity index (χ2n) is 5.20. The number of amides is 3. The van der Waals surface area contributed by atoms with Crippen LogP contribution in [0.1, 0.15) is 11.1 Å². The summed E-state index contributed by atoms with van der Waals surface area (Å²) in [6.45, 7) is 0. The lowest BCUT2D eigenvalue weighted by Crippen LogP contribution is -2.43. The van der Waals surface area contributed by atoms with E-state index in [4.69, 9.17) is 0 Å². The molecule has 0 aromatic heterocycles. The van der Waals surface area contributed by atoms with Gasteiger partial charge in [-0.3, -0.25) is 10.1 Å². The first-order chi connectivity index (χ1) is 10.4. The molecule has 2 aromatic rings. The second kappa shape index (κ2) is 3.82. The summed E-state index contributed by atoms with van der Waals surface area (Å²) in [5, 5.41) is 14.5. The number of aromatic hydroxyl groups is 1. The number of phenols is 1. The number of urea groups is 1. The Balaban J connectivity index is 2.16. The Morgan fingerprint density at radius 3 is 2.41 bits per heavy atom. The van der Waals surface area contributed by atoms with Crippen LogP contribution in [0.3, 0.4) is 0 Å². The fraction of sp³-hybridized carbons (Fsp3) is 0.0667. The zero-order valence-corrected chi connectivity index (χ0v) is 10.9. The van der Waals surface area contributed by atoms with Crippen LogP contribution >= 0.6 is 0 Å². The quantitative estimate of drug-likeness (QED) is 0.649. The number of nitrogens with one attached hydrogen (secondary N) is 2. The van der Waals surface area contributed by atoms with Gasteiger partial charge in [-0.15, -0.1) is 0 Å². The van der Waals surface area contributed by atoms with Crippen molar-refractivity contribution in [2.45, 2.75) is 5.54 Å². The van der Waals surface area contributed by atoms with Crippen molar-refractivity contribution < 1.29 is 23.5 Å². The molecule has 0 saturated carbocycles. The Morgan fingerprint density at radius 2 is 1.73 bits per heavy atom. The van der Waals surface area contributed by atoms with Gasteiger partial charge in [-0.05, 0) is 23.8 Å². The van der Waals surface area contributed by atoms with E-state index in [1.54, 1.807) is 0 Å². The predicted molar refractivity (Wildman–Crippen MR) is 70.9 cm³/mol. The van der Waals surface area contributed by atoms with Crippen molar-refractivity contribution in [3.8, 4) is 16.9 Å². The lowest BCUT2D eigenvalue weighted by Gasteiger charge is -2.23. The average Bonchev–Trinajstić information content (AvgIpc) is 2.87. The van der Waals surface area contributed by atoms with E-state index in [0.717, 1.165) is 18.2 Å². The van der Waals surface area contributed by atoms with Gasteiger partial charge >= 0.3 is 6.03 Å². The third-order valence-electron chi connectivity index (χ3n) is 4.01. The highest BCUT2D eigenvalue weighted by Crippen LogP contribution is 2.52. The van der Waals surface area contributed by atoms with Gasteiger partial charge in [0.2, 0.25) is 0 Å². The molecule has 1 spiro atoms. The SMILES string of the molecule is O=C1NC(=O)C2(N1)c1cc(F)ccc1-c1c(O)cc(F)cc12. The van der Waals surface area contributed by atoms with E-state index in [0.29, 0.717) is 5.56 Å². The molecule has 7 heteroatoms. The third-order valence-corrected chi connectivity index (χ3v) is 4.01. The van der Waals surface area contributed by atoms with Crippen LogP contribution in [-0.4, -0.2) is 17.0 Å². The van der Waals surface area contributed by atoms with Gasteiger partial charge in [0.15, 0.2) is 5.54 Å². The van der Waals surface area contributed by atoms with E-state index in [-0.39, 0.29) is 22.4 Å². The van der Waals surface area contributed by atoms with Crippen LogP contribution in [0.4, 0.5) is 13.6 Å². The molecule has 1 atom stereocenters. The van der Waals surface area contributed by atoms with Gasteiger partial charge in [0.1, 0.15) is 17.4 Å². The fourth-order valence-corrected chi connectivity index (χ4v) is 3.20. The van der Waals surface area contributed by atoms with E-state index in [9.17, 15) is 23.5 Å². The van der Waals surface area contributed by atoms with Gasteiger partial charge in [-0.2, -0.15) is 0 Å². The van der Waals surface area contributed by atoms with E-state index in [1.165, 1.54) is 12.1 Å². The Morgan fingerprint density at radius 1 is 1.00 bits per heavy atom. The predicted octanol–water partition coefficient (Wildman–Crippen LogP) is 1.73. The van der Waals surface area contributed by atoms with E-state index in [2.05, 4.69) is 10.6 Å². The standard InChI is InChI=1S/C15H8F2N2O3/c16-6-1-2-8-9(3-6)15(13(21)18-14(22)19-15)10-4-7(17)5-11(20)12(8)10/h1-5,20H,(H2,18,19,21,22). The Hall–Kier alpha value is -2.96. The molecule has 2 aromatic carbocycles. The van der Waals surface area contributed by atoms with Crippen molar-refractivity contribution in [3.05, 3.63) is 53.1 Å². The summed E-state index contributed by atoms with van der Waals surface area (Å²) in [4.78, 5) is 23.9. The normalized spacial score (nSPS) is 21.5. The molecule has 1 saturated heterocycles. The van der Waals surface area contributed by atoms with Crippen molar-refractivity contribution in [2.75, 3.05) is 0 Å². The number of hydrogen-bond donors (Lipinski definition) is 3. The van der Waals surface area contributed by atoms with Gasteiger partial charge in [-0.1, -0.05) is 6.07 Å². The van der Waals surface area contributed by atoms with E-state index < -0.39 is 29.1 Å². The van der Waals surface area contributed by atoms with Crippen LogP contribution < -0.4 is 10.6 Å². The minimum Gasteiger partial charge on any atom is -0.507 e. The summed E-state index contributed by atoms with van der Waals surface area (Å²) < 4.78 is 27.4. The highest BCUT2D eigenvalue weighted by Gasteiger charge is 2.55. The van der Waals surface area contributed by atoms with Gasteiger partial charge < -0.3 is 10.4 Å². The van der Waals surface area contributed by atoms with Crippen LogP contribution in [-0.2, 0) is 10.3 Å². The summed E-state index contributed by atoms with van der Waals surface area (Å²) in [5.74, 6) is -2.50. The molecule has 1 heterocycles. The topological polar surface area (TPSA) is 78.4 Å². The zero-order chi connectivity index (χ0) is 15.6. The summed E-state index contributed by atoms with van der Waals surface area (Å²) >= 11 is 0. The van der Waals surface area contributed by atoms with E-state index >= 15 is 0 Å². The molecule has 22 heavy (non-hydrogen) atoms. The molecule has 0 bridgehead atoms. The molecule has 1 fully saturated rings. The minimum absolute atomic E-state index is 0.0777. The highest BCUT2D eigenvalue weighted by molar-refractivity contribution is 6.13. The van der Waals surface area contributed by atoms with Crippen molar-refractivity contribution in [1.82, 2.24) is 10.6 Å². The van der Waals surface area contributed by atoms with Crippen molar-refractivity contribution >= 4 is 11.9 Å². The smallest absolute Gasteiger partial charge is 0.322 e. The number of phenolic OH excluding ortho intramolecular Hbond substituents is 1. The Kier molecular flexibility index (Phi) is 2.21. The number of fused-ring (bicyclic) bond motifs is 5. The van der Waals surface area contributed by atoms with Crippen LogP contribution in [0.5, 0.6) is 5.75 Å². The van der Waals surface area contributed by atoms with Crippen molar-refractivity contribution in [1.29, 1.82) is 0 Å². The molecule has 110 valence electrons. The maximum absolute atomic E-state index is 13.7. The first kappa shape index (κ1) is 12.8. The lowest BCUT2D eigenvalue weighted by atomic mass is 9.87. The Labute approximate surface area is 122 Å². The summed E-state index contributed by atoms with van der Waals surface area (Å²) in [5.41, 5.74) is -0.927. The maximum atomic E-state index is 13.7. The number of carbonyl (C=O) groups is 2. The summed E-state index contributed by atoms with van der Waals surface area (Å²) in [6.07, 6.45) is 0. The first-order valence-electron chi connectivity index (χ1n) is 6.40. The molecule has 0 radical (unpaired) electrons. The zero-order valence-electron chi connectivity index (χ0n) is 10.9. The molecule has 1 aliphatic carbocycles. The summed E-state index contributed by atoms with van der Waals surface area (Å²) in [6, 6.07) is 4.83. The van der Waals surface area contributed by atoms with Crippen LogP contribution in [0.2, 0.25) is 0 Å². The molecule has 2 aliphatic rings. The number of hydrogen-bond acceptors (Lipinski definition) is 3. The Bertz CT molecular complexity index is 881. The molecule has 5 nitrogen and oxygen atoms in total. The number of rotatable bonds is 0. The molecular formula is C15H8F2N2O3. The fourth-order valence-electron chi connectivity index (χ4n) is 3.20. The molecule has 3 amide bonds. The van der Waals surface area contributed by atoms with Crippen LogP contribution in [0.25, 0.3) is 11.1 Å². The molecule has 3 N–H and O–H groups in total. The molecule has 1 aliphatic heterocycles. The molecule has 4 rings (SSSR count). The van der Waals surface area contributed by atoms with Crippen molar-refractivity contribution in [3.63, 3.8) is 0 Å². The van der Waals surface area contributed by atoms with Crippen molar-refractivity contribution in [2.24, 2.45) is 0 Å². The molecule has 1 unspecified atom stereocenters. The van der Waals surface area contributed by atoms with Gasteiger partial charge in [0.25, 0.3) is 5.91 Å². The van der Waals surface area contributed by atoms with Gasteiger partial charge in [0, 0.05) is 22.8 Å². The van der Waals surface area contributed by atoms with Crippen LogP contribution in [0.15, 0.2) is 30.3 Å².